The lowest BCUT2D eigenvalue weighted by Crippen LogP contribution is -2.05. The lowest BCUT2D eigenvalue weighted by molar-refractivity contribution is 0.104. The van der Waals surface area contributed by atoms with Crippen LogP contribution in [0.15, 0.2) is 42.6 Å². The quantitative estimate of drug-likeness (QED) is 0.552. The van der Waals surface area contributed by atoms with Gasteiger partial charge in [-0.05, 0) is 36.8 Å². The van der Waals surface area contributed by atoms with Crippen LogP contribution in [0.25, 0.3) is 10.9 Å². The van der Waals surface area contributed by atoms with E-state index in [1.54, 1.807) is 6.20 Å². The number of carbonyl (C=O) groups excluding carboxylic acids is 1. The van der Waals surface area contributed by atoms with Gasteiger partial charge in [-0.15, -0.1) is 0 Å². The Bertz CT molecular complexity index is 820. The number of rotatable bonds is 2. The van der Waals surface area contributed by atoms with Crippen molar-refractivity contribution < 1.29 is 9.18 Å². The molecule has 0 aliphatic rings. The van der Waals surface area contributed by atoms with E-state index in [-0.39, 0.29) is 17.0 Å². The van der Waals surface area contributed by atoms with Gasteiger partial charge in [0.25, 0.3) is 0 Å². The van der Waals surface area contributed by atoms with E-state index in [0.29, 0.717) is 5.56 Å². The number of nitrogen functional groups attached to an aromatic ring is 1. The molecule has 0 saturated heterocycles. The number of aromatic amines is 1. The predicted octanol–water partition coefficient (Wildman–Crippen LogP) is 3.43. The predicted molar refractivity (Wildman–Crippen MR) is 77.3 cm³/mol. The minimum atomic E-state index is -0.474. The van der Waals surface area contributed by atoms with Crippen molar-refractivity contribution >= 4 is 22.4 Å². The standard InChI is InChI=1S/C16H13FN2O/c1-9-2-4-11-13(8-19-15(11)6-9)16(20)12-7-10(17)3-5-14(12)18/h2-8,19H,18H2,1H3. The number of H-pyrrole nitrogens is 1. The van der Waals surface area contributed by atoms with E-state index < -0.39 is 5.82 Å². The molecule has 0 aliphatic heterocycles. The van der Waals surface area contributed by atoms with E-state index in [0.717, 1.165) is 16.5 Å². The van der Waals surface area contributed by atoms with E-state index >= 15 is 0 Å². The van der Waals surface area contributed by atoms with Gasteiger partial charge in [-0.2, -0.15) is 0 Å². The Hall–Kier alpha value is -2.62. The summed E-state index contributed by atoms with van der Waals surface area (Å²) in [6.45, 7) is 1.98. The number of halogens is 1. The van der Waals surface area contributed by atoms with Crippen LogP contribution in [0, 0.1) is 12.7 Å². The molecule has 3 nitrogen and oxygen atoms in total. The first-order chi connectivity index (χ1) is 9.56. The molecule has 0 unspecified atom stereocenters. The Morgan fingerprint density at radius 2 is 1.95 bits per heavy atom. The second kappa shape index (κ2) is 4.49. The van der Waals surface area contributed by atoms with Crippen molar-refractivity contribution in [1.29, 1.82) is 0 Å². The molecule has 3 aromatic rings. The van der Waals surface area contributed by atoms with Gasteiger partial charge in [0.1, 0.15) is 5.82 Å². The average Bonchev–Trinajstić information content (AvgIpc) is 2.83. The summed E-state index contributed by atoms with van der Waals surface area (Å²) in [5.41, 5.74) is 8.71. The zero-order valence-corrected chi connectivity index (χ0v) is 10.9. The molecular formula is C16H13FN2O. The van der Waals surface area contributed by atoms with Gasteiger partial charge in [0.05, 0.1) is 0 Å². The molecular weight excluding hydrogens is 255 g/mol. The largest absolute Gasteiger partial charge is 0.398 e. The molecule has 2 aromatic carbocycles. The molecule has 1 heterocycles. The summed E-state index contributed by atoms with van der Waals surface area (Å²) in [5.74, 6) is -0.754. The topological polar surface area (TPSA) is 58.9 Å². The molecule has 3 N–H and O–H groups in total. The van der Waals surface area contributed by atoms with Gasteiger partial charge < -0.3 is 10.7 Å². The summed E-state index contributed by atoms with van der Waals surface area (Å²) in [5, 5.41) is 0.810. The maximum atomic E-state index is 13.3. The number of carbonyl (C=O) groups is 1. The fourth-order valence-electron chi connectivity index (χ4n) is 2.30. The van der Waals surface area contributed by atoms with Crippen molar-refractivity contribution in [3.05, 3.63) is 65.1 Å². The van der Waals surface area contributed by atoms with Gasteiger partial charge in [0.15, 0.2) is 5.78 Å². The molecule has 0 aliphatic carbocycles. The first-order valence-corrected chi connectivity index (χ1v) is 6.24. The molecule has 0 saturated carbocycles. The summed E-state index contributed by atoms with van der Waals surface area (Å²) in [4.78, 5) is 15.6. The Morgan fingerprint density at radius 3 is 2.75 bits per heavy atom. The lowest BCUT2D eigenvalue weighted by atomic mass is 10.0. The third-order valence-electron chi connectivity index (χ3n) is 3.34. The monoisotopic (exact) mass is 268 g/mol. The van der Waals surface area contributed by atoms with Crippen molar-refractivity contribution in [1.82, 2.24) is 4.98 Å². The van der Waals surface area contributed by atoms with Crippen molar-refractivity contribution in [2.24, 2.45) is 0 Å². The number of anilines is 1. The number of hydrogen-bond acceptors (Lipinski definition) is 2. The van der Waals surface area contributed by atoms with Crippen LogP contribution in [-0.4, -0.2) is 10.8 Å². The number of aryl methyl sites for hydroxylation is 1. The smallest absolute Gasteiger partial charge is 0.197 e. The van der Waals surface area contributed by atoms with Crippen molar-refractivity contribution in [2.45, 2.75) is 6.92 Å². The van der Waals surface area contributed by atoms with Gasteiger partial charge in [-0.25, -0.2) is 4.39 Å². The van der Waals surface area contributed by atoms with Crippen LogP contribution in [-0.2, 0) is 0 Å². The number of benzene rings is 2. The lowest BCUT2D eigenvalue weighted by Gasteiger charge is -2.04. The third kappa shape index (κ3) is 1.95. The summed E-state index contributed by atoms with van der Waals surface area (Å²) >= 11 is 0. The third-order valence-corrected chi connectivity index (χ3v) is 3.34. The van der Waals surface area contributed by atoms with Gasteiger partial charge in [0, 0.05) is 33.9 Å². The zero-order chi connectivity index (χ0) is 14.3. The SMILES string of the molecule is Cc1ccc2c(C(=O)c3cc(F)ccc3N)c[nH]c2c1. The number of nitrogens with one attached hydrogen (secondary N) is 1. The summed E-state index contributed by atoms with van der Waals surface area (Å²) < 4.78 is 13.3. The number of ketones is 1. The van der Waals surface area contributed by atoms with Crippen LogP contribution in [0.2, 0.25) is 0 Å². The first-order valence-electron chi connectivity index (χ1n) is 6.24. The Labute approximate surface area is 115 Å². The van der Waals surface area contributed by atoms with E-state index in [9.17, 15) is 9.18 Å². The second-order valence-electron chi connectivity index (χ2n) is 4.81. The zero-order valence-electron chi connectivity index (χ0n) is 10.9. The molecule has 0 radical (unpaired) electrons. The van der Waals surface area contributed by atoms with Crippen LogP contribution in [0.5, 0.6) is 0 Å². The fourth-order valence-corrected chi connectivity index (χ4v) is 2.30. The molecule has 0 amide bonds. The summed E-state index contributed by atoms with van der Waals surface area (Å²) in [6.07, 6.45) is 1.64. The fraction of sp³-hybridized carbons (Fsp3) is 0.0625. The second-order valence-corrected chi connectivity index (χ2v) is 4.81. The molecule has 4 heteroatoms. The molecule has 0 bridgehead atoms. The highest BCUT2D eigenvalue weighted by Crippen LogP contribution is 2.24. The maximum absolute atomic E-state index is 13.3. The van der Waals surface area contributed by atoms with Gasteiger partial charge in [-0.3, -0.25) is 4.79 Å². The van der Waals surface area contributed by atoms with Crippen molar-refractivity contribution in [3.8, 4) is 0 Å². The Morgan fingerprint density at radius 1 is 1.15 bits per heavy atom. The minimum Gasteiger partial charge on any atom is -0.398 e. The van der Waals surface area contributed by atoms with E-state index in [4.69, 9.17) is 5.73 Å². The first kappa shape index (κ1) is 12.4. The number of hydrogen-bond donors (Lipinski definition) is 2. The Kier molecular flexibility index (Phi) is 2.79. The summed E-state index contributed by atoms with van der Waals surface area (Å²) in [7, 11) is 0. The maximum Gasteiger partial charge on any atom is 0.197 e. The number of aromatic nitrogens is 1. The molecule has 100 valence electrons. The highest BCUT2D eigenvalue weighted by Gasteiger charge is 2.17. The van der Waals surface area contributed by atoms with Crippen molar-refractivity contribution in [2.75, 3.05) is 5.73 Å². The average molecular weight is 268 g/mol. The number of nitrogens with two attached hydrogens (primary N) is 1. The molecule has 1 aromatic heterocycles. The normalized spacial score (nSPS) is 10.9. The van der Waals surface area contributed by atoms with Crippen molar-refractivity contribution in [3.63, 3.8) is 0 Å². The van der Waals surface area contributed by atoms with Crippen LogP contribution in [0.4, 0.5) is 10.1 Å². The highest BCUT2D eigenvalue weighted by molar-refractivity contribution is 6.18. The van der Waals surface area contributed by atoms with E-state index in [1.165, 1.54) is 18.2 Å². The highest BCUT2D eigenvalue weighted by atomic mass is 19.1. The van der Waals surface area contributed by atoms with Crippen LogP contribution in [0.1, 0.15) is 21.5 Å². The molecule has 0 fully saturated rings. The summed E-state index contributed by atoms with van der Waals surface area (Å²) in [6, 6.07) is 9.59. The molecule has 0 spiro atoms. The molecule has 0 atom stereocenters. The van der Waals surface area contributed by atoms with Crippen LogP contribution >= 0.6 is 0 Å². The van der Waals surface area contributed by atoms with E-state index in [2.05, 4.69) is 4.98 Å². The Balaban J connectivity index is 2.15. The van der Waals surface area contributed by atoms with Gasteiger partial charge in [-0.1, -0.05) is 12.1 Å². The minimum absolute atomic E-state index is 0.187. The van der Waals surface area contributed by atoms with Gasteiger partial charge in [0.2, 0.25) is 0 Å². The number of fused-ring (bicyclic) bond motifs is 1. The molecule has 3 rings (SSSR count). The van der Waals surface area contributed by atoms with E-state index in [1.807, 2.05) is 25.1 Å². The van der Waals surface area contributed by atoms with Gasteiger partial charge >= 0.3 is 0 Å². The van der Waals surface area contributed by atoms with Crippen LogP contribution < -0.4 is 5.73 Å². The van der Waals surface area contributed by atoms with Crippen LogP contribution in [0.3, 0.4) is 0 Å². The molecule has 20 heavy (non-hydrogen) atoms.